The molecular formula is C18H30N2O. The van der Waals surface area contributed by atoms with Gasteiger partial charge < -0.3 is 10.6 Å². The van der Waals surface area contributed by atoms with Crippen LogP contribution in [0.2, 0.25) is 0 Å². The Morgan fingerprint density at radius 1 is 1.00 bits per heavy atom. The molecule has 3 heteroatoms. The van der Waals surface area contributed by atoms with Gasteiger partial charge in [-0.1, -0.05) is 0 Å². The molecular weight excluding hydrogens is 260 g/mol. The van der Waals surface area contributed by atoms with Crippen molar-refractivity contribution in [2.24, 2.45) is 34.8 Å². The van der Waals surface area contributed by atoms with E-state index in [0.717, 1.165) is 56.7 Å². The smallest absolute Gasteiger partial charge is 0.223 e. The van der Waals surface area contributed by atoms with Crippen molar-refractivity contribution in [3.63, 3.8) is 0 Å². The largest absolute Gasteiger partial charge is 0.343 e. The van der Waals surface area contributed by atoms with E-state index in [9.17, 15) is 4.79 Å². The molecule has 1 heterocycles. The highest BCUT2D eigenvalue weighted by Gasteiger charge is 2.51. The number of amides is 1. The van der Waals surface area contributed by atoms with Gasteiger partial charge in [0.15, 0.2) is 0 Å². The average molecular weight is 290 g/mol. The molecule has 5 fully saturated rings. The van der Waals surface area contributed by atoms with Crippen molar-refractivity contribution in [3.05, 3.63) is 0 Å². The number of piperidine rings is 1. The predicted octanol–water partition coefficient (Wildman–Crippen LogP) is 2.79. The van der Waals surface area contributed by atoms with Crippen molar-refractivity contribution in [1.82, 2.24) is 4.90 Å². The number of likely N-dealkylation sites (tertiary alicyclic amines) is 1. The first-order valence-electron chi connectivity index (χ1n) is 9.14. The van der Waals surface area contributed by atoms with E-state index in [1.54, 1.807) is 0 Å². The summed E-state index contributed by atoms with van der Waals surface area (Å²) in [6.45, 7) is 2.69. The lowest BCUT2D eigenvalue weighted by Crippen LogP contribution is -2.49. The fourth-order valence-corrected chi connectivity index (χ4v) is 6.36. The fraction of sp³-hybridized carbons (Fsp3) is 0.944. The van der Waals surface area contributed by atoms with Gasteiger partial charge in [0.2, 0.25) is 5.91 Å². The van der Waals surface area contributed by atoms with Crippen LogP contribution in [0.3, 0.4) is 0 Å². The predicted molar refractivity (Wildman–Crippen MR) is 83.6 cm³/mol. The van der Waals surface area contributed by atoms with Crippen molar-refractivity contribution < 1.29 is 4.79 Å². The maximum atomic E-state index is 12.8. The summed E-state index contributed by atoms with van der Waals surface area (Å²) < 4.78 is 0. The monoisotopic (exact) mass is 290 g/mol. The third kappa shape index (κ3) is 2.62. The summed E-state index contributed by atoms with van der Waals surface area (Å²) in [5, 5.41) is 0. The van der Waals surface area contributed by atoms with Crippen LogP contribution in [-0.2, 0) is 4.79 Å². The second kappa shape index (κ2) is 5.26. The Hall–Kier alpha value is -0.570. The number of rotatable bonds is 3. The van der Waals surface area contributed by atoms with E-state index in [1.807, 2.05) is 0 Å². The van der Waals surface area contributed by atoms with Crippen molar-refractivity contribution in [1.29, 1.82) is 0 Å². The Labute approximate surface area is 128 Å². The third-order valence-corrected chi connectivity index (χ3v) is 6.99. The zero-order chi connectivity index (χ0) is 14.4. The maximum Gasteiger partial charge on any atom is 0.223 e. The van der Waals surface area contributed by atoms with E-state index >= 15 is 0 Å². The van der Waals surface area contributed by atoms with E-state index in [-0.39, 0.29) is 0 Å². The number of hydrogen-bond donors (Lipinski definition) is 1. The number of nitrogens with two attached hydrogens (primary N) is 1. The molecule has 1 saturated heterocycles. The van der Waals surface area contributed by atoms with Crippen molar-refractivity contribution in [2.75, 3.05) is 19.6 Å². The van der Waals surface area contributed by atoms with E-state index in [1.165, 1.54) is 38.5 Å². The SMILES string of the molecule is NCC1CCN(C(=O)CC23CC4CC(CC(C4)C2)C3)CC1. The Kier molecular flexibility index (Phi) is 3.52. The first kappa shape index (κ1) is 14.0. The summed E-state index contributed by atoms with van der Waals surface area (Å²) in [4.78, 5) is 14.9. The first-order valence-corrected chi connectivity index (χ1v) is 9.14. The van der Waals surface area contributed by atoms with Gasteiger partial charge in [0, 0.05) is 19.5 Å². The molecule has 0 aromatic heterocycles. The fourth-order valence-electron chi connectivity index (χ4n) is 6.36. The highest BCUT2D eigenvalue weighted by molar-refractivity contribution is 5.77. The molecule has 3 nitrogen and oxygen atoms in total. The molecule has 0 unspecified atom stereocenters. The summed E-state index contributed by atoms with van der Waals surface area (Å²) in [5.74, 6) is 3.95. The summed E-state index contributed by atoms with van der Waals surface area (Å²) in [5.41, 5.74) is 6.16. The van der Waals surface area contributed by atoms with Crippen LogP contribution >= 0.6 is 0 Å². The Bertz CT molecular complexity index is 376. The number of carbonyl (C=O) groups is 1. The maximum absolute atomic E-state index is 12.8. The van der Waals surface area contributed by atoms with Crippen LogP contribution in [0.1, 0.15) is 57.8 Å². The lowest BCUT2D eigenvalue weighted by Gasteiger charge is -2.57. The first-order chi connectivity index (χ1) is 10.2. The highest BCUT2D eigenvalue weighted by Crippen LogP contribution is 2.61. The molecule has 4 bridgehead atoms. The zero-order valence-corrected chi connectivity index (χ0v) is 13.2. The summed E-state index contributed by atoms with van der Waals surface area (Å²) >= 11 is 0. The molecule has 1 amide bonds. The minimum Gasteiger partial charge on any atom is -0.343 e. The molecule has 0 radical (unpaired) electrons. The molecule has 5 aliphatic rings. The van der Waals surface area contributed by atoms with Gasteiger partial charge in [-0.05, 0) is 87.0 Å². The van der Waals surface area contributed by atoms with E-state index in [2.05, 4.69) is 4.90 Å². The van der Waals surface area contributed by atoms with Crippen molar-refractivity contribution in [2.45, 2.75) is 57.8 Å². The summed E-state index contributed by atoms with van der Waals surface area (Å²) in [6.07, 6.45) is 11.5. The van der Waals surface area contributed by atoms with Crippen molar-refractivity contribution >= 4 is 5.91 Å². The van der Waals surface area contributed by atoms with Crippen LogP contribution in [0.4, 0.5) is 0 Å². The van der Waals surface area contributed by atoms with Crippen LogP contribution in [0.15, 0.2) is 0 Å². The van der Waals surface area contributed by atoms with Crippen LogP contribution in [0.25, 0.3) is 0 Å². The molecule has 5 rings (SSSR count). The lowest BCUT2D eigenvalue weighted by atomic mass is 9.49. The topological polar surface area (TPSA) is 46.3 Å². The molecule has 0 spiro atoms. The third-order valence-electron chi connectivity index (χ3n) is 6.99. The Balaban J connectivity index is 1.38. The minimum absolute atomic E-state index is 0.399. The molecule has 1 aliphatic heterocycles. The van der Waals surface area contributed by atoms with Crippen molar-refractivity contribution in [3.8, 4) is 0 Å². The van der Waals surface area contributed by atoms with Gasteiger partial charge in [-0.2, -0.15) is 0 Å². The van der Waals surface area contributed by atoms with Crippen LogP contribution in [0.5, 0.6) is 0 Å². The van der Waals surface area contributed by atoms with Gasteiger partial charge in [0.1, 0.15) is 0 Å². The Morgan fingerprint density at radius 2 is 1.52 bits per heavy atom. The van der Waals surface area contributed by atoms with Crippen LogP contribution in [-0.4, -0.2) is 30.4 Å². The average Bonchev–Trinajstić information content (AvgIpc) is 2.45. The molecule has 2 N–H and O–H groups in total. The van der Waals surface area contributed by atoms with Gasteiger partial charge in [0.25, 0.3) is 0 Å². The van der Waals surface area contributed by atoms with Gasteiger partial charge >= 0.3 is 0 Å². The van der Waals surface area contributed by atoms with E-state index < -0.39 is 0 Å². The molecule has 4 saturated carbocycles. The molecule has 4 aliphatic carbocycles. The van der Waals surface area contributed by atoms with Gasteiger partial charge in [-0.15, -0.1) is 0 Å². The quantitative estimate of drug-likeness (QED) is 0.869. The second-order valence-corrected chi connectivity index (χ2v) is 8.65. The summed E-state index contributed by atoms with van der Waals surface area (Å²) in [7, 11) is 0. The Morgan fingerprint density at radius 3 is 2.00 bits per heavy atom. The van der Waals surface area contributed by atoms with Crippen LogP contribution < -0.4 is 5.73 Å². The second-order valence-electron chi connectivity index (χ2n) is 8.65. The lowest BCUT2D eigenvalue weighted by molar-refractivity contribution is -0.140. The minimum atomic E-state index is 0.399. The number of nitrogens with zero attached hydrogens (tertiary/aromatic N) is 1. The number of carbonyl (C=O) groups excluding carboxylic acids is 1. The summed E-state index contributed by atoms with van der Waals surface area (Å²) in [6, 6.07) is 0. The van der Waals surface area contributed by atoms with Gasteiger partial charge in [-0.25, -0.2) is 0 Å². The van der Waals surface area contributed by atoms with Crippen LogP contribution in [0, 0.1) is 29.1 Å². The molecule has 0 aromatic rings. The molecule has 0 aromatic carbocycles. The van der Waals surface area contributed by atoms with Gasteiger partial charge in [-0.3, -0.25) is 4.79 Å². The standard InChI is InChI=1S/C18H30N2O/c19-12-13-1-3-20(4-2-13)17(21)11-18-8-14-5-15(9-18)7-16(6-14)10-18/h13-16H,1-12,19H2. The van der Waals surface area contributed by atoms with E-state index in [4.69, 9.17) is 5.73 Å². The van der Waals surface area contributed by atoms with Gasteiger partial charge in [0.05, 0.1) is 0 Å². The zero-order valence-electron chi connectivity index (χ0n) is 13.2. The normalized spacial score (nSPS) is 42.5. The molecule has 21 heavy (non-hydrogen) atoms. The highest BCUT2D eigenvalue weighted by atomic mass is 16.2. The van der Waals surface area contributed by atoms with E-state index in [0.29, 0.717) is 17.2 Å². The molecule has 0 atom stereocenters. The molecule has 118 valence electrons. The number of hydrogen-bond acceptors (Lipinski definition) is 2.